The number of phenolic OH excluding ortho intramolecular Hbond substituents is 5. The monoisotopic (exact) mass is 471 g/mol. The van der Waals surface area contributed by atoms with E-state index in [0.29, 0.717) is 50.7 Å². The van der Waals surface area contributed by atoms with Gasteiger partial charge in [0.2, 0.25) is 0 Å². The highest BCUT2D eigenvalue weighted by atomic mass is 16.5. The zero-order chi connectivity index (χ0) is 25.2. The molecule has 4 aromatic rings. The molecule has 6 N–H and O–H groups in total. The molecule has 178 valence electrons. The first-order valence-electron chi connectivity index (χ1n) is 11.1. The van der Waals surface area contributed by atoms with Crippen LogP contribution < -0.4 is 10.1 Å². The number of hydrogen-bond acceptors (Lipinski definition) is 7. The van der Waals surface area contributed by atoms with Crippen LogP contribution in [0, 0.1) is 27.7 Å². The van der Waals surface area contributed by atoms with Crippen molar-refractivity contribution in [2.45, 2.75) is 27.7 Å². The van der Waals surface area contributed by atoms with Crippen LogP contribution in [0.5, 0.6) is 40.2 Å². The first-order chi connectivity index (χ1) is 16.6. The fourth-order valence-corrected chi connectivity index (χ4v) is 4.94. The number of nitrogens with one attached hydrogen (secondary N) is 1. The van der Waals surface area contributed by atoms with Gasteiger partial charge in [-0.1, -0.05) is 6.07 Å². The third-order valence-electron chi connectivity index (χ3n) is 6.54. The number of phenols is 5. The van der Waals surface area contributed by atoms with E-state index >= 15 is 0 Å². The topological polar surface area (TPSA) is 122 Å². The number of ether oxygens (including phenoxy) is 1. The van der Waals surface area contributed by atoms with Crippen LogP contribution in [0.2, 0.25) is 0 Å². The average Bonchev–Trinajstić information content (AvgIpc) is 2.75. The zero-order valence-corrected chi connectivity index (χ0v) is 19.7. The summed E-state index contributed by atoms with van der Waals surface area (Å²) in [7, 11) is 0. The predicted molar refractivity (Wildman–Crippen MR) is 134 cm³/mol. The summed E-state index contributed by atoms with van der Waals surface area (Å²) in [5.74, 6) is 0.691. The lowest BCUT2D eigenvalue weighted by molar-refractivity contribution is 0.446. The molecule has 0 atom stereocenters. The minimum Gasteiger partial charge on any atom is -0.508 e. The first kappa shape index (κ1) is 22.3. The fraction of sp³-hybridized carbons (Fsp3) is 0.143. The highest BCUT2D eigenvalue weighted by Gasteiger charge is 2.27. The lowest BCUT2D eigenvalue weighted by Crippen LogP contribution is -2.08. The summed E-state index contributed by atoms with van der Waals surface area (Å²) in [5.41, 5.74) is 6.39. The standard InChI is InChI=1S/C28H25NO6/c1-12-7-16(30)9-19(32)24(12)18-5-6-22-27(14(18)3)29-28-15(4)26(21(34)11-23(28)35-22)25-13(2)8-17(31)10-20(25)33/h5-11,29-34H,1-4H3. The maximum atomic E-state index is 10.9. The van der Waals surface area contributed by atoms with Gasteiger partial charge >= 0.3 is 0 Å². The molecule has 0 aromatic heterocycles. The van der Waals surface area contributed by atoms with Crippen LogP contribution >= 0.6 is 0 Å². The molecule has 0 fully saturated rings. The van der Waals surface area contributed by atoms with Gasteiger partial charge in [0.05, 0.1) is 11.4 Å². The van der Waals surface area contributed by atoms with E-state index in [0.717, 1.165) is 16.7 Å². The molecule has 4 aromatic carbocycles. The van der Waals surface area contributed by atoms with Gasteiger partial charge in [0.15, 0.2) is 11.5 Å². The van der Waals surface area contributed by atoms with Gasteiger partial charge < -0.3 is 35.6 Å². The van der Waals surface area contributed by atoms with E-state index in [4.69, 9.17) is 4.74 Å². The largest absolute Gasteiger partial charge is 0.508 e. The van der Waals surface area contributed by atoms with E-state index in [1.807, 2.05) is 26.8 Å². The second-order valence-electron chi connectivity index (χ2n) is 8.92. The Kier molecular flexibility index (Phi) is 4.95. The number of anilines is 2. The van der Waals surface area contributed by atoms with E-state index in [1.54, 1.807) is 19.1 Å². The molecule has 1 aliphatic heterocycles. The third-order valence-corrected chi connectivity index (χ3v) is 6.54. The molecule has 0 radical (unpaired) electrons. The van der Waals surface area contributed by atoms with Gasteiger partial charge in [-0.3, -0.25) is 0 Å². The Labute approximate surface area is 202 Å². The van der Waals surface area contributed by atoms with Crippen molar-refractivity contribution in [1.82, 2.24) is 0 Å². The minimum atomic E-state index is -0.144. The van der Waals surface area contributed by atoms with Crippen LogP contribution in [0.4, 0.5) is 11.4 Å². The fourth-order valence-electron chi connectivity index (χ4n) is 4.94. The van der Waals surface area contributed by atoms with Crippen LogP contribution in [0.3, 0.4) is 0 Å². The summed E-state index contributed by atoms with van der Waals surface area (Å²) < 4.78 is 6.13. The smallest absolute Gasteiger partial charge is 0.154 e. The van der Waals surface area contributed by atoms with Crippen molar-refractivity contribution in [3.8, 4) is 62.5 Å². The quantitative estimate of drug-likeness (QED) is 0.160. The van der Waals surface area contributed by atoms with Crippen molar-refractivity contribution >= 4 is 11.4 Å². The van der Waals surface area contributed by atoms with E-state index < -0.39 is 0 Å². The second kappa shape index (κ2) is 7.77. The van der Waals surface area contributed by atoms with Crippen molar-refractivity contribution in [2.24, 2.45) is 0 Å². The molecule has 0 bridgehead atoms. The number of aryl methyl sites for hydroxylation is 2. The molecule has 0 saturated heterocycles. The van der Waals surface area contributed by atoms with E-state index in [-0.39, 0.29) is 28.7 Å². The van der Waals surface area contributed by atoms with Gasteiger partial charge in [0.25, 0.3) is 0 Å². The van der Waals surface area contributed by atoms with Crippen molar-refractivity contribution in [1.29, 1.82) is 0 Å². The normalized spacial score (nSPS) is 11.9. The molecule has 0 amide bonds. The lowest BCUT2D eigenvalue weighted by Gasteiger charge is -2.28. The van der Waals surface area contributed by atoms with Crippen LogP contribution in [-0.4, -0.2) is 25.5 Å². The molecule has 7 heteroatoms. The third kappa shape index (κ3) is 3.44. The van der Waals surface area contributed by atoms with E-state index in [2.05, 4.69) is 5.32 Å². The van der Waals surface area contributed by atoms with Gasteiger partial charge in [-0.15, -0.1) is 0 Å². The summed E-state index contributed by atoms with van der Waals surface area (Å²) in [5, 5.41) is 55.0. The van der Waals surface area contributed by atoms with Crippen LogP contribution in [0.15, 0.2) is 42.5 Å². The SMILES string of the molecule is Cc1cc(O)cc(O)c1-c1ccc2c(c1C)Nc1c(cc(O)c(-c3c(C)cc(O)cc3O)c1C)O2. The first-order valence-corrected chi connectivity index (χ1v) is 11.1. The number of hydrogen-bond donors (Lipinski definition) is 6. The molecule has 5 rings (SSSR count). The molecular weight excluding hydrogens is 446 g/mol. The van der Waals surface area contributed by atoms with Gasteiger partial charge in [0, 0.05) is 34.9 Å². The summed E-state index contributed by atoms with van der Waals surface area (Å²) in [4.78, 5) is 0. The van der Waals surface area contributed by atoms with Crippen molar-refractivity contribution in [2.75, 3.05) is 5.32 Å². The van der Waals surface area contributed by atoms with Crippen molar-refractivity contribution in [3.05, 3.63) is 64.7 Å². The highest BCUT2D eigenvalue weighted by Crippen LogP contribution is 2.53. The molecule has 0 saturated carbocycles. The van der Waals surface area contributed by atoms with Gasteiger partial charge in [-0.25, -0.2) is 0 Å². The minimum absolute atomic E-state index is 0.00881. The van der Waals surface area contributed by atoms with Crippen LogP contribution in [0.1, 0.15) is 22.3 Å². The molecule has 0 unspecified atom stereocenters. The Balaban J connectivity index is 1.67. The van der Waals surface area contributed by atoms with Gasteiger partial charge in [-0.2, -0.15) is 0 Å². The summed E-state index contributed by atoms with van der Waals surface area (Å²) in [6.07, 6.45) is 0. The molecular formula is C28H25NO6. The lowest BCUT2D eigenvalue weighted by atomic mass is 9.91. The number of aromatic hydroxyl groups is 5. The molecule has 1 heterocycles. The predicted octanol–water partition coefficient (Wildman–Crippen LogP) is 6.63. The van der Waals surface area contributed by atoms with Crippen LogP contribution in [0.25, 0.3) is 22.3 Å². The van der Waals surface area contributed by atoms with Crippen molar-refractivity contribution < 1.29 is 30.3 Å². The Morgan fingerprint density at radius 1 is 0.571 bits per heavy atom. The van der Waals surface area contributed by atoms with Crippen LogP contribution in [-0.2, 0) is 0 Å². The van der Waals surface area contributed by atoms with Crippen molar-refractivity contribution in [3.63, 3.8) is 0 Å². The van der Waals surface area contributed by atoms with Gasteiger partial charge in [-0.05, 0) is 73.7 Å². The molecule has 35 heavy (non-hydrogen) atoms. The van der Waals surface area contributed by atoms with E-state index in [9.17, 15) is 25.5 Å². The highest BCUT2D eigenvalue weighted by molar-refractivity contribution is 5.92. The molecule has 1 aliphatic rings. The number of rotatable bonds is 2. The Morgan fingerprint density at radius 2 is 1.11 bits per heavy atom. The maximum Gasteiger partial charge on any atom is 0.154 e. The number of benzene rings is 4. The Morgan fingerprint density at radius 3 is 1.71 bits per heavy atom. The Bertz CT molecular complexity index is 1490. The van der Waals surface area contributed by atoms with E-state index in [1.165, 1.54) is 24.3 Å². The number of fused-ring (bicyclic) bond motifs is 2. The molecule has 7 nitrogen and oxygen atoms in total. The molecule has 0 spiro atoms. The summed E-state index contributed by atoms with van der Waals surface area (Å²) in [6.45, 7) is 7.29. The Hall–Kier alpha value is -4.52. The summed E-state index contributed by atoms with van der Waals surface area (Å²) in [6, 6.07) is 10.8. The summed E-state index contributed by atoms with van der Waals surface area (Å²) >= 11 is 0. The van der Waals surface area contributed by atoms with Gasteiger partial charge in [0.1, 0.15) is 28.7 Å². The maximum absolute atomic E-state index is 10.9. The molecule has 0 aliphatic carbocycles. The average molecular weight is 472 g/mol. The zero-order valence-electron chi connectivity index (χ0n) is 19.7. The second-order valence-corrected chi connectivity index (χ2v) is 8.92.